The summed E-state index contributed by atoms with van der Waals surface area (Å²) in [5, 5.41) is 13.1. The standard InChI is InChI=1S/C10H16N2O2/c1-3-6(2)9-11-10(14-12-9)7-4-8(13)5-7/h6-8,13H,3-5H2,1-2H3. The molecule has 4 nitrogen and oxygen atoms in total. The third kappa shape index (κ3) is 1.66. The van der Waals surface area contributed by atoms with E-state index in [1.807, 2.05) is 0 Å². The van der Waals surface area contributed by atoms with Crippen LogP contribution in [0.2, 0.25) is 0 Å². The smallest absolute Gasteiger partial charge is 0.229 e. The van der Waals surface area contributed by atoms with Crippen molar-refractivity contribution in [1.29, 1.82) is 0 Å². The topological polar surface area (TPSA) is 59.2 Å². The molecule has 2 rings (SSSR count). The van der Waals surface area contributed by atoms with Gasteiger partial charge >= 0.3 is 0 Å². The van der Waals surface area contributed by atoms with E-state index in [9.17, 15) is 0 Å². The molecule has 1 saturated carbocycles. The maximum absolute atomic E-state index is 9.15. The van der Waals surface area contributed by atoms with Gasteiger partial charge in [0.2, 0.25) is 5.89 Å². The molecular weight excluding hydrogens is 180 g/mol. The van der Waals surface area contributed by atoms with Crippen LogP contribution in [0.15, 0.2) is 4.52 Å². The highest BCUT2D eigenvalue weighted by Crippen LogP contribution is 2.36. The molecule has 1 atom stereocenters. The largest absolute Gasteiger partial charge is 0.393 e. The van der Waals surface area contributed by atoms with Crippen LogP contribution in [0.3, 0.4) is 0 Å². The number of aliphatic hydroxyl groups excluding tert-OH is 1. The van der Waals surface area contributed by atoms with Crippen LogP contribution in [0.4, 0.5) is 0 Å². The highest BCUT2D eigenvalue weighted by molar-refractivity contribution is 5.03. The third-order valence-electron chi connectivity index (χ3n) is 2.97. The SMILES string of the molecule is CCC(C)c1noc(C2CC(O)C2)n1. The average molecular weight is 196 g/mol. The second-order valence-electron chi connectivity index (χ2n) is 4.12. The van der Waals surface area contributed by atoms with Crippen LogP contribution in [0.5, 0.6) is 0 Å². The van der Waals surface area contributed by atoms with Crippen molar-refractivity contribution in [3.63, 3.8) is 0 Å². The molecule has 0 saturated heterocycles. The molecule has 0 aliphatic heterocycles. The van der Waals surface area contributed by atoms with Crippen molar-refractivity contribution in [2.75, 3.05) is 0 Å². The maximum atomic E-state index is 9.15. The third-order valence-corrected chi connectivity index (χ3v) is 2.97. The molecule has 0 radical (unpaired) electrons. The highest BCUT2D eigenvalue weighted by Gasteiger charge is 2.33. The van der Waals surface area contributed by atoms with Gasteiger partial charge in [-0.25, -0.2) is 0 Å². The molecule has 1 unspecified atom stereocenters. The first-order chi connectivity index (χ1) is 6.70. The van der Waals surface area contributed by atoms with Crippen molar-refractivity contribution < 1.29 is 9.63 Å². The van der Waals surface area contributed by atoms with E-state index in [1.54, 1.807) is 0 Å². The Morgan fingerprint density at radius 1 is 1.57 bits per heavy atom. The minimum Gasteiger partial charge on any atom is -0.393 e. The van der Waals surface area contributed by atoms with E-state index in [0.29, 0.717) is 11.8 Å². The lowest BCUT2D eigenvalue weighted by atomic mass is 9.82. The molecule has 1 N–H and O–H groups in total. The first-order valence-corrected chi connectivity index (χ1v) is 5.22. The van der Waals surface area contributed by atoms with Crippen LogP contribution < -0.4 is 0 Å². The van der Waals surface area contributed by atoms with E-state index < -0.39 is 0 Å². The van der Waals surface area contributed by atoms with Gasteiger partial charge in [0.15, 0.2) is 5.82 Å². The van der Waals surface area contributed by atoms with Crippen LogP contribution in [-0.2, 0) is 0 Å². The summed E-state index contributed by atoms with van der Waals surface area (Å²) >= 11 is 0. The van der Waals surface area contributed by atoms with Crippen LogP contribution in [0, 0.1) is 0 Å². The highest BCUT2D eigenvalue weighted by atomic mass is 16.5. The molecule has 1 heterocycles. The monoisotopic (exact) mass is 196 g/mol. The molecule has 0 amide bonds. The average Bonchev–Trinajstić information content (AvgIpc) is 2.60. The summed E-state index contributed by atoms with van der Waals surface area (Å²) in [4.78, 5) is 4.35. The van der Waals surface area contributed by atoms with Crippen molar-refractivity contribution in [1.82, 2.24) is 10.1 Å². The summed E-state index contributed by atoms with van der Waals surface area (Å²) in [5.74, 6) is 2.14. The zero-order valence-electron chi connectivity index (χ0n) is 8.60. The molecule has 0 spiro atoms. The molecule has 0 bridgehead atoms. The number of rotatable bonds is 3. The van der Waals surface area contributed by atoms with Crippen LogP contribution in [0.25, 0.3) is 0 Å². The maximum Gasteiger partial charge on any atom is 0.229 e. The van der Waals surface area contributed by atoms with Gasteiger partial charge in [-0.3, -0.25) is 0 Å². The van der Waals surface area contributed by atoms with Gasteiger partial charge in [0.05, 0.1) is 6.10 Å². The first kappa shape index (κ1) is 9.65. The van der Waals surface area contributed by atoms with Gasteiger partial charge in [-0.2, -0.15) is 4.98 Å². The number of hydrogen-bond donors (Lipinski definition) is 1. The molecule has 14 heavy (non-hydrogen) atoms. The van der Waals surface area contributed by atoms with Crippen LogP contribution in [-0.4, -0.2) is 21.4 Å². The molecule has 1 fully saturated rings. The Bertz CT molecular complexity index is 305. The Hall–Kier alpha value is -0.900. The van der Waals surface area contributed by atoms with Gasteiger partial charge in [0, 0.05) is 11.8 Å². The lowest BCUT2D eigenvalue weighted by Gasteiger charge is -2.27. The fourth-order valence-corrected chi connectivity index (χ4v) is 1.59. The van der Waals surface area contributed by atoms with E-state index in [4.69, 9.17) is 9.63 Å². The van der Waals surface area contributed by atoms with Crippen LogP contribution >= 0.6 is 0 Å². The Morgan fingerprint density at radius 3 is 2.86 bits per heavy atom. The predicted octanol–water partition coefficient (Wildman–Crippen LogP) is 1.82. The number of hydrogen-bond acceptors (Lipinski definition) is 4. The zero-order chi connectivity index (χ0) is 10.1. The van der Waals surface area contributed by atoms with Crippen molar-refractivity contribution in [3.8, 4) is 0 Å². The molecular formula is C10H16N2O2. The predicted molar refractivity (Wildman–Crippen MR) is 51.0 cm³/mol. The summed E-state index contributed by atoms with van der Waals surface area (Å²) in [6.07, 6.45) is 2.38. The molecule has 1 aromatic rings. The first-order valence-electron chi connectivity index (χ1n) is 5.22. The zero-order valence-corrected chi connectivity index (χ0v) is 8.60. The normalized spacial score (nSPS) is 28.5. The molecule has 0 aromatic carbocycles. The van der Waals surface area contributed by atoms with Gasteiger partial charge in [0.25, 0.3) is 0 Å². The fraction of sp³-hybridized carbons (Fsp3) is 0.800. The second-order valence-corrected chi connectivity index (χ2v) is 4.12. The second kappa shape index (κ2) is 3.69. The van der Waals surface area contributed by atoms with Gasteiger partial charge in [-0.1, -0.05) is 19.0 Å². The van der Waals surface area contributed by atoms with Crippen molar-refractivity contribution in [2.24, 2.45) is 0 Å². The van der Waals surface area contributed by atoms with Gasteiger partial charge in [-0.05, 0) is 19.3 Å². The summed E-state index contributed by atoms with van der Waals surface area (Å²) in [6, 6.07) is 0. The van der Waals surface area contributed by atoms with Crippen molar-refractivity contribution in [3.05, 3.63) is 11.7 Å². The van der Waals surface area contributed by atoms with Crippen molar-refractivity contribution >= 4 is 0 Å². The Kier molecular flexibility index (Phi) is 2.54. The van der Waals surface area contributed by atoms with E-state index >= 15 is 0 Å². The molecule has 4 heteroatoms. The minimum absolute atomic E-state index is 0.168. The molecule has 1 aliphatic rings. The van der Waals surface area contributed by atoms with E-state index in [-0.39, 0.29) is 12.0 Å². The number of aliphatic hydroxyl groups is 1. The summed E-state index contributed by atoms with van der Waals surface area (Å²) < 4.78 is 5.17. The van der Waals surface area contributed by atoms with Crippen molar-refractivity contribution in [2.45, 2.75) is 51.0 Å². The number of aromatic nitrogens is 2. The van der Waals surface area contributed by atoms with Gasteiger partial charge < -0.3 is 9.63 Å². The van der Waals surface area contributed by atoms with Gasteiger partial charge in [-0.15, -0.1) is 0 Å². The fourth-order valence-electron chi connectivity index (χ4n) is 1.59. The minimum atomic E-state index is -0.168. The Morgan fingerprint density at radius 2 is 2.29 bits per heavy atom. The molecule has 1 aromatic heterocycles. The quantitative estimate of drug-likeness (QED) is 0.801. The summed E-state index contributed by atoms with van der Waals surface area (Å²) in [6.45, 7) is 4.19. The van der Waals surface area contributed by atoms with E-state index in [0.717, 1.165) is 25.1 Å². The summed E-state index contributed by atoms with van der Waals surface area (Å²) in [7, 11) is 0. The Balaban J connectivity index is 2.03. The van der Waals surface area contributed by atoms with E-state index in [1.165, 1.54) is 0 Å². The Labute approximate surface area is 83.3 Å². The number of nitrogens with zero attached hydrogens (tertiary/aromatic N) is 2. The molecule has 1 aliphatic carbocycles. The lowest BCUT2D eigenvalue weighted by Crippen LogP contribution is -2.26. The lowest BCUT2D eigenvalue weighted by molar-refractivity contribution is 0.0625. The van der Waals surface area contributed by atoms with Gasteiger partial charge in [0.1, 0.15) is 0 Å². The molecule has 78 valence electrons. The van der Waals surface area contributed by atoms with Crippen LogP contribution in [0.1, 0.15) is 56.7 Å². The van der Waals surface area contributed by atoms with E-state index in [2.05, 4.69) is 24.0 Å². The summed E-state index contributed by atoms with van der Waals surface area (Å²) in [5.41, 5.74) is 0.